The van der Waals surface area contributed by atoms with Crippen LogP contribution in [0.25, 0.3) is 10.9 Å². The van der Waals surface area contributed by atoms with Crippen molar-refractivity contribution in [1.82, 2.24) is 19.8 Å². The van der Waals surface area contributed by atoms with Crippen LogP contribution in [0.4, 0.5) is 8.78 Å². The molecule has 2 N–H and O–H groups in total. The number of methoxy groups -OCH3 is 1. The fraction of sp³-hybridized carbons (Fsp3) is 0.517. The summed E-state index contributed by atoms with van der Waals surface area (Å²) in [5.74, 6) is -2.17. The van der Waals surface area contributed by atoms with E-state index in [1.165, 1.54) is 14.0 Å². The number of rotatable bonds is 9. The van der Waals surface area contributed by atoms with Gasteiger partial charge in [0.05, 0.1) is 31.3 Å². The number of halogens is 2. The first kappa shape index (κ1) is 27.8. The molecule has 0 unspecified atom stereocenters. The molecule has 0 bridgehead atoms. The summed E-state index contributed by atoms with van der Waals surface area (Å²) in [6.07, 6.45) is 1.50. The number of aryl methyl sites for hydroxylation is 1. The van der Waals surface area contributed by atoms with Gasteiger partial charge in [-0.15, -0.1) is 0 Å². The van der Waals surface area contributed by atoms with E-state index in [-0.39, 0.29) is 37.0 Å². The standard InChI is InChI=1S/C29H38F2N4O3/c1-6-29(30,31)17-34-13-11-21(12-14-34)19(3)35-20(4)26(22-9-7-8-10-24(22)35)28(37)32-16-23-25(38-5)15-18(2)33-27(23)36/h7-10,15,19,21H,6,11-14,16-17H2,1-5H3,(H,32,37)(H,33,36)/t19-/m1/s1. The number of alkyl halides is 2. The summed E-state index contributed by atoms with van der Waals surface area (Å²) < 4.78 is 35.4. The van der Waals surface area contributed by atoms with E-state index in [1.807, 2.05) is 36.1 Å². The van der Waals surface area contributed by atoms with Crippen LogP contribution in [0.15, 0.2) is 35.1 Å². The Labute approximate surface area is 222 Å². The molecule has 2 aromatic heterocycles. The largest absolute Gasteiger partial charge is 0.496 e. The predicted octanol–water partition coefficient (Wildman–Crippen LogP) is 5.20. The van der Waals surface area contributed by atoms with Gasteiger partial charge in [0.2, 0.25) is 0 Å². The highest BCUT2D eigenvalue weighted by Crippen LogP contribution is 2.36. The van der Waals surface area contributed by atoms with E-state index in [1.54, 1.807) is 13.0 Å². The number of pyridine rings is 1. The van der Waals surface area contributed by atoms with Gasteiger partial charge in [-0.3, -0.25) is 14.5 Å². The molecule has 0 saturated carbocycles. The van der Waals surface area contributed by atoms with Gasteiger partial charge in [-0.2, -0.15) is 0 Å². The highest BCUT2D eigenvalue weighted by molar-refractivity contribution is 6.08. The maximum atomic E-state index is 13.9. The number of amides is 1. The number of carbonyl (C=O) groups is 1. The van der Waals surface area contributed by atoms with Crippen LogP contribution in [0.1, 0.15) is 66.5 Å². The minimum absolute atomic E-state index is 0.0347. The van der Waals surface area contributed by atoms with Crippen molar-refractivity contribution in [3.05, 3.63) is 63.2 Å². The number of nitrogens with zero attached hydrogens (tertiary/aromatic N) is 2. The highest BCUT2D eigenvalue weighted by Gasteiger charge is 2.33. The van der Waals surface area contributed by atoms with Gasteiger partial charge in [0.25, 0.3) is 17.4 Å². The maximum Gasteiger partial charge on any atom is 0.260 e. The number of carbonyl (C=O) groups excluding carboxylic acids is 1. The fourth-order valence-electron chi connectivity index (χ4n) is 5.74. The van der Waals surface area contributed by atoms with Gasteiger partial charge < -0.3 is 19.6 Å². The van der Waals surface area contributed by atoms with Gasteiger partial charge in [-0.1, -0.05) is 25.1 Å². The first-order valence-electron chi connectivity index (χ1n) is 13.3. The molecule has 0 spiro atoms. The molecule has 206 valence electrons. The monoisotopic (exact) mass is 528 g/mol. The molecule has 4 rings (SSSR count). The second kappa shape index (κ2) is 11.3. The van der Waals surface area contributed by atoms with Crippen LogP contribution in [0.3, 0.4) is 0 Å². The number of hydrogen-bond donors (Lipinski definition) is 2. The summed E-state index contributed by atoms with van der Waals surface area (Å²) in [7, 11) is 1.50. The van der Waals surface area contributed by atoms with Crippen LogP contribution in [-0.4, -0.2) is 53.0 Å². The molecule has 1 aromatic carbocycles. The van der Waals surface area contributed by atoms with Gasteiger partial charge in [-0.25, -0.2) is 8.78 Å². The molecule has 7 nitrogen and oxygen atoms in total. The lowest BCUT2D eigenvalue weighted by Crippen LogP contribution is -2.42. The van der Waals surface area contributed by atoms with Crippen LogP contribution in [0.2, 0.25) is 0 Å². The Kier molecular flexibility index (Phi) is 8.25. The third-order valence-corrected chi connectivity index (χ3v) is 7.95. The van der Waals surface area contributed by atoms with Crippen LogP contribution < -0.4 is 15.6 Å². The molecular weight excluding hydrogens is 490 g/mol. The average molecular weight is 529 g/mol. The first-order chi connectivity index (χ1) is 18.1. The summed E-state index contributed by atoms with van der Waals surface area (Å²) in [6, 6.07) is 9.65. The Morgan fingerprint density at radius 2 is 1.92 bits per heavy atom. The van der Waals surface area contributed by atoms with Gasteiger partial charge >= 0.3 is 0 Å². The predicted molar refractivity (Wildman–Crippen MR) is 145 cm³/mol. The molecule has 3 aromatic rings. The molecule has 1 fully saturated rings. The molecule has 0 aliphatic carbocycles. The van der Waals surface area contributed by atoms with Crippen molar-refractivity contribution in [1.29, 1.82) is 0 Å². The van der Waals surface area contributed by atoms with Crippen molar-refractivity contribution in [2.45, 2.75) is 65.5 Å². The number of para-hydroxylation sites is 1. The Bertz CT molecular complexity index is 1360. The zero-order chi connectivity index (χ0) is 27.6. The van der Waals surface area contributed by atoms with Crippen molar-refractivity contribution in [3.63, 3.8) is 0 Å². The third-order valence-electron chi connectivity index (χ3n) is 7.95. The molecule has 1 saturated heterocycles. The summed E-state index contributed by atoms with van der Waals surface area (Å²) in [5.41, 5.74) is 3.14. The Morgan fingerprint density at radius 1 is 1.24 bits per heavy atom. The molecular formula is C29H38F2N4O3. The number of aromatic nitrogens is 2. The van der Waals surface area contributed by atoms with Crippen molar-refractivity contribution in [3.8, 4) is 5.75 Å². The minimum atomic E-state index is -2.65. The average Bonchev–Trinajstić information content (AvgIpc) is 3.19. The van der Waals surface area contributed by atoms with Crippen LogP contribution >= 0.6 is 0 Å². The Balaban J connectivity index is 1.56. The topological polar surface area (TPSA) is 79.4 Å². The minimum Gasteiger partial charge on any atom is -0.496 e. The van der Waals surface area contributed by atoms with Crippen LogP contribution in [-0.2, 0) is 6.54 Å². The molecule has 1 atom stereocenters. The van der Waals surface area contributed by atoms with Crippen molar-refractivity contribution in [2.24, 2.45) is 5.92 Å². The fourth-order valence-corrected chi connectivity index (χ4v) is 5.74. The number of ether oxygens (including phenoxy) is 1. The second-order valence-electron chi connectivity index (χ2n) is 10.4. The quantitative estimate of drug-likeness (QED) is 0.400. The molecule has 9 heteroatoms. The van der Waals surface area contributed by atoms with Crippen molar-refractivity contribution < 1.29 is 18.3 Å². The molecule has 1 amide bonds. The third kappa shape index (κ3) is 5.62. The lowest BCUT2D eigenvalue weighted by molar-refractivity contribution is -0.0429. The van der Waals surface area contributed by atoms with Crippen LogP contribution in [0, 0.1) is 19.8 Å². The van der Waals surface area contributed by atoms with Gasteiger partial charge in [0, 0.05) is 34.8 Å². The van der Waals surface area contributed by atoms with E-state index in [2.05, 4.69) is 21.8 Å². The van der Waals surface area contributed by atoms with E-state index < -0.39 is 5.92 Å². The summed E-state index contributed by atoms with van der Waals surface area (Å²) in [6.45, 7) is 8.53. The summed E-state index contributed by atoms with van der Waals surface area (Å²) in [4.78, 5) is 30.6. The SMILES string of the molecule is CCC(F)(F)CN1CCC([C@@H](C)n2c(C)c(C(=O)NCc3c(OC)cc(C)[nH]c3=O)c3ccccc32)CC1. The lowest BCUT2D eigenvalue weighted by atomic mass is 9.89. The smallest absolute Gasteiger partial charge is 0.260 e. The zero-order valence-electron chi connectivity index (χ0n) is 22.9. The van der Waals surface area contributed by atoms with E-state index in [0.717, 1.165) is 29.4 Å². The molecule has 38 heavy (non-hydrogen) atoms. The van der Waals surface area contributed by atoms with Gasteiger partial charge in [0.15, 0.2) is 0 Å². The molecule has 1 aliphatic rings. The number of nitrogens with one attached hydrogen (secondary N) is 2. The van der Waals surface area contributed by atoms with Gasteiger partial charge in [-0.05, 0) is 64.8 Å². The number of benzene rings is 1. The number of fused-ring (bicyclic) bond motifs is 1. The van der Waals surface area contributed by atoms with E-state index in [4.69, 9.17) is 4.74 Å². The molecule has 1 aliphatic heterocycles. The van der Waals surface area contributed by atoms with E-state index in [9.17, 15) is 18.4 Å². The number of likely N-dealkylation sites (tertiary alicyclic amines) is 1. The zero-order valence-corrected chi connectivity index (χ0v) is 22.9. The van der Waals surface area contributed by atoms with Gasteiger partial charge in [0.1, 0.15) is 5.75 Å². The van der Waals surface area contributed by atoms with Crippen LogP contribution in [0.5, 0.6) is 5.75 Å². The normalized spacial score (nSPS) is 16.1. The maximum absolute atomic E-state index is 13.9. The number of piperidine rings is 1. The number of aromatic amines is 1. The summed E-state index contributed by atoms with van der Waals surface area (Å²) in [5, 5.41) is 3.76. The molecule has 3 heterocycles. The number of hydrogen-bond acceptors (Lipinski definition) is 4. The lowest BCUT2D eigenvalue weighted by Gasteiger charge is -2.37. The highest BCUT2D eigenvalue weighted by atomic mass is 19.3. The van der Waals surface area contributed by atoms with E-state index >= 15 is 0 Å². The second-order valence-corrected chi connectivity index (χ2v) is 10.4. The molecule has 0 radical (unpaired) electrons. The Hall–Kier alpha value is -3.20. The van der Waals surface area contributed by atoms with Crippen molar-refractivity contribution in [2.75, 3.05) is 26.7 Å². The Morgan fingerprint density at radius 3 is 2.58 bits per heavy atom. The number of H-pyrrole nitrogens is 1. The summed E-state index contributed by atoms with van der Waals surface area (Å²) >= 11 is 0. The van der Waals surface area contributed by atoms with Crippen molar-refractivity contribution >= 4 is 16.8 Å². The van der Waals surface area contributed by atoms with E-state index in [0.29, 0.717) is 41.6 Å². The first-order valence-corrected chi connectivity index (χ1v) is 13.3.